The van der Waals surface area contributed by atoms with Crippen molar-refractivity contribution >= 4 is 11.6 Å². The molecule has 1 aromatic carbocycles. The van der Waals surface area contributed by atoms with E-state index in [0.717, 1.165) is 6.54 Å². The molecule has 1 aromatic rings. The van der Waals surface area contributed by atoms with E-state index < -0.39 is 5.82 Å². The lowest BCUT2D eigenvalue weighted by molar-refractivity contribution is 0.210. The Labute approximate surface area is 106 Å². The summed E-state index contributed by atoms with van der Waals surface area (Å²) >= 11 is 5.64. The van der Waals surface area contributed by atoms with Crippen LogP contribution >= 0.6 is 11.6 Å². The molecule has 2 N–H and O–H groups in total. The molecule has 0 bridgehead atoms. The molecule has 0 aromatic heterocycles. The Morgan fingerprint density at radius 2 is 2.29 bits per heavy atom. The lowest BCUT2D eigenvalue weighted by Gasteiger charge is -2.17. The van der Waals surface area contributed by atoms with Gasteiger partial charge in [-0.3, -0.25) is 0 Å². The second-order valence-electron chi connectivity index (χ2n) is 3.65. The molecule has 0 aliphatic carbocycles. The summed E-state index contributed by atoms with van der Waals surface area (Å²) in [5, 5.41) is 12.4. The molecule has 1 unspecified atom stereocenters. The summed E-state index contributed by atoms with van der Waals surface area (Å²) in [6.07, 6.45) is 0.572. The maximum absolute atomic E-state index is 13.4. The second kappa shape index (κ2) is 7.48. The molecule has 96 valence electrons. The average Bonchev–Trinajstić information content (AvgIpc) is 2.28. The number of hydrogen-bond acceptors (Lipinski definition) is 3. The molecule has 3 nitrogen and oxygen atoms in total. The summed E-state index contributed by atoms with van der Waals surface area (Å²) < 4.78 is 18.7. The van der Waals surface area contributed by atoms with Crippen LogP contribution in [-0.4, -0.2) is 30.9 Å². The Balaban J connectivity index is 2.52. The Hall–Kier alpha value is -0.840. The second-order valence-corrected chi connectivity index (χ2v) is 4.09. The molecular weight excluding hydrogens is 245 g/mol. The highest BCUT2D eigenvalue weighted by Crippen LogP contribution is 2.21. The molecular formula is C12H17ClFNO2. The van der Waals surface area contributed by atoms with Crippen LogP contribution in [0.4, 0.5) is 4.39 Å². The quantitative estimate of drug-likeness (QED) is 0.791. The number of nitrogens with one attached hydrogen (secondary N) is 1. The van der Waals surface area contributed by atoms with Crippen LogP contribution < -0.4 is 10.1 Å². The molecule has 0 spiro atoms. The molecule has 0 saturated heterocycles. The maximum Gasteiger partial charge on any atom is 0.166 e. The largest absolute Gasteiger partial charge is 0.489 e. The fourth-order valence-corrected chi connectivity index (χ4v) is 1.63. The minimum atomic E-state index is -0.475. The third kappa shape index (κ3) is 4.89. The first-order valence-corrected chi connectivity index (χ1v) is 5.97. The van der Waals surface area contributed by atoms with E-state index >= 15 is 0 Å². The summed E-state index contributed by atoms with van der Waals surface area (Å²) in [7, 11) is 0. The van der Waals surface area contributed by atoms with Crippen LogP contribution in [0, 0.1) is 5.82 Å². The van der Waals surface area contributed by atoms with Crippen molar-refractivity contribution in [1.82, 2.24) is 5.32 Å². The number of rotatable bonds is 7. The lowest BCUT2D eigenvalue weighted by Crippen LogP contribution is -2.35. The van der Waals surface area contributed by atoms with Crippen LogP contribution in [0.2, 0.25) is 5.02 Å². The summed E-state index contributed by atoms with van der Waals surface area (Å²) in [6, 6.07) is 4.30. The van der Waals surface area contributed by atoms with E-state index in [9.17, 15) is 4.39 Å². The minimum absolute atomic E-state index is 0.0140. The van der Waals surface area contributed by atoms with Crippen molar-refractivity contribution in [2.24, 2.45) is 0 Å². The van der Waals surface area contributed by atoms with Gasteiger partial charge in [0.15, 0.2) is 11.6 Å². The number of benzene rings is 1. The van der Waals surface area contributed by atoms with Crippen LogP contribution in [0.3, 0.4) is 0 Å². The third-order valence-electron chi connectivity index (χ3n) is 2.30. The van der Waals surface area contributed by atoms with Crippen LogP contribution in [0.15, 0.2) is 18.2 Å². The van der Waals surface area contributed by atoms with Gasteiger partial charge < -0.3 is 15.2 Å². The van der Waals surface area contributed by atoms with E-state index in [-0.39, 0.29) is 18.4 Å². The zero-order chi connectivity index (χ0) is 12.7. The van der Waals surface area contributed by atoms with Crippen LogP contribution in [0.25, 0.3) is 0 Å². The fourth-order valence-electron chi connectivity index (χ4n) is 1.47. The van der Waals surface area contributed by atoms with Gasteiger partial charge in [-0.05, 0) is 31.2 Å². The van der Waals surface area contributed by atoms with Crippen LogP contribution in [0.5, 0.6) is 5.75 Å². The highest BCUT2D eigenvalue weighted by molar-refractivity contribution is 6.30. The van der Waals surface area contributed by atoms with Crippen molar-refractivity contribution in [3.63, 3.8) is 0 Å². The molecule has 1 rings (SSSR count). The number of likely N-dealkylation sites (N-methyl/N-ethyl adjacent to an activating group) is 1. The Morgan fingerprint density at radius 3 is 2.88 bits per heavy atom. The molecule has 0 radical (unpaired) electrons. The van der Waals surface area contributed by atoms with Crippen molar-refractivity contribution < 1.29 is 14.2 Å². The topological polar surface area (TPSA) is 41.5 Å². The number of halogens is 2. The summed E-state index contributed by atoms with van der Waals surface area (Å²) in [6.45, 7) is 3.13. The third-order valence-corrected chi connectivity index (χ3v) is 2.54. The van der Waals surface area contributed by atoms with Crippen LogP contribution in [-0.2, 0) is 0 Å². The van der Waals surface area contributed by atoms with Gasteiger partial charge in [-0.15, -0.1) is 0 Å². The molecule has 0 heterocycles. The van der Waals surface area contributed by atoms with Gasteiger partial charge in [0.05, 0.1) is 0 Å². The lowest BCUT2D eigenvalue weighted by atomic mass is 10.2. The minimum Gasteiger partial charge on any atom is -0.489 e. The summed E-state index contributed by atoms with van der Waals surface area (Å²) in [5.74, 6) is -0.299. The van der Waals surface area contributed by atoms with Gasteiger partial charge in [-0.25, -0.2) is 4.39 Å². The summed E-state index contributed by atoms with van der Waals surface area (Å²) in [5.41, 5.74) is 0. The molecule has 5 heteroatoms. The molecule has 0 aliphatic heterocycles. The highest BCUT2D eigenvalue weighted by Gasteiger charge is 2.10. The summed E-state index contributed by atoms with van der Waals surface area (Å²) in [4.78, 5) is 0. The van der Waals surface area contributed by atoms with Crippen molar-refractivity contribution in [3.05, 3.63) is 29.0 Å². The Morgan fingerprint density at radius 1 is 1.53 bits per heavy atom. The predicted octanol–water partition coefficient (Wildman–Crippen LogP) is 2.22. The Kier molecular flexibility index (Phi) is 6.26. The molecule has 0 aliphatic rings. The molecule has 17 heavy (non-hydrogen) atoms. The first kappa shape index (κ1) is 14.2. The smallest absolute Gasteiger partial charge is 0.166 e. The fraction of sp³-hybridized carbons (Fsp3) is 0.500. The molecule has 0 saturated carbocycles. The predicted molar refractivity (Wildman–Crippen MR) is 66.1 cm³/mol. The zero-order valence-corrected chi connectivity index (χ0v) is 10.5. The SMILES string of the molecule is CCNC(CCO)COc1ccc(Cl)cc1F. The van der Waals surface area contributed by atoms with Crippen LogP contribution in [0.1, 0.15) is 13.3 Å². The van der Waals surface area contributed by atoms with Crippen molar-refractivity contribution in [2.75, 3.05) is 19.8 Å². The Bertz CT molecular complexity index is 343. The molecule has 0 amide bonds. The van der Waals surface area contributed by atoms with Gasteiger partial charge in [0.25, 0.3) is 0 Å². The van der Waals surface area contributed by atoms with E-state index in [4.69, 9.17) is 21.4 Å². The van der Waals surface area contributed by atoms with E-state index in [2.05, 4.69) is 5.32 Å². The van der Waals surface area contributed by atoms with Gasteiger partial charge in [0, 0.05) is 17.7 Å². The first-order chi connectivity index (χ1) is 8.17. The van der Waals surface area contributed by atoms with Crippen molar-refractivity contribution in [2.45, 2.75) is 19.4 Å². The number of aliphatic hydroxyl groups is 1. The van der Waals surface area contributed by atoms with Gasteiger partial charge in [-0.2, -0.15) is 0 Å². The van der Waals surface area contributed by atoms with E-state index in [1.165, 1.54) is 12.1 Å². The van der Waals surface area contributed by atoms with Gasteiger partial charge in [0.1, 0.15) is 6.61 Å². The van der Waals surface area contributed by atoms with Gasteiger partial charge in [0.2, 0.25) is 0 Å². The van der Waals surface area contributed by atoms with Gasteiger partial charge >= 0.3 is 0 Å². The number of hydrogen-bond donors (Lipinski definition) is 2. The standard InChI is InChI=1S/C12H17ClFNO2/c1-2-15-10(5-6-16)8-17-12-4-3-9(13)7-11(12)14/h3-4,7,10,15-16H,2,5-6,8H2,1H3. The molecule has 0 fully saturated rings. The average molecular weight is 262 g/mol. The number of aliphatic hydroxyl groups excluding tert-OH is 1. The van der Waals surface area contributed by atoms with E-state index in [0.29, 0.717) is 18.1 Å². The highest BCUT2D eigenvalue weighted by atomic mass is 35.5. The number of ether oxygens (including phenoxy) is 1. The van der Waals surface area contributed by atoms with Crippen molar-refractivity contribution in [3.8, 4) is 5.75 Å². The normalized spacial score (nSPS) is 12.5. The molecule has 1 atom stereocenters. The maximum atomic E-state index is 13.4. The van der Waals surface area contributed by atoms with E-state index in [1.807, 2.05) is 6.92 Å². The van der Waals surface area contributed by atoms with Gasteiger partial charge in [-0.1, -0.05) is 18.5 Å². The monoisotopic (exact) mass is 261 g/mol. The zero-order valence-electron chi connectivity index (χ0n) is 9.75. The van der Waals surface area contributed by atoms with E-state index in [1.54, 1.807) is 6.07 Å². The first-order valence-electron chi connectivity index (χ1n) is 5.59. The van der Waals surface area contributed by atoms with Crippen molar-refractivity contribution in [1.29, 1.82) is 0 Å².